The molecule has 162 valence electrons. The minimum atomic E-state index is -0.453. The summed E-state index contributed by atoms with van der Waals surface area (Å²) in [7, 11) is 0. The number of aromatic amines is 1. The molecule has 0 unspecified atom stereocenters. The first-order valence-corrected chi connectivity index (χ1v) is 11.2. The van der Waals surface area contributed by atoms with Gasteiger partial charge in [-0.05, 0) is 56.1 Å². The molecule has 2 fully saturated rings. The number of fused-ring (bicyclic) bond motifs is 1. The highest BCUT2D eigenvalue weighted by atomic mass is 35.5. The van der Waals surface area contributed by atoms with Crippen molar-refractivity contribution in [3.8, 4) is 0 Å². The van der Waals surface area contributed by atoms with E-state index in [4.69, 9.17) is 11.6 Å². The van der Waals surface area contributed by atoms with E-state index in [1.807, 2.05) is 30.3 Å². The van der Waals surface area contributed by atoms with Gasteiger partial charge in [0, 0.05) is 30.3 Å². The van der Waals surface area contributed by atoms with Crippen LogP contribution in [0, 0.1) is 0 Å². The minimum absolute atomic E-state index is 0.101. The number of aromatic nitrogens is 2. The van der Waals surface area contributed by atoms with Crippen LogP contribution in [0.4, 0.5) is 5.69 Å². The van der Waals surface area contributed by atoms with Crippen molar-refractivity contribution in [2.45, 2.75) is 31.3 Å². The zero-order valence-corrected chi connectivity index (χ0v) is 18.1. The van der Waals surface area contributed by atoms with Crippen molar-refractivity contribution in [1.29, 1.82) is 0 Å². The van der Waals surface area contributed by atoms with E-state index in [0.29, 0.717) is 18.2 Å². The van der Waals surface area contributed by atoms with Crippen LogP contribution in [0.25, 0.3) is 11.0 Å². The fraction of sp³-hybridized carbons (Fsp3) is 0.391. The third-order valence-corrected chi connectivity index (χ3v) is 6.92. The van der Waals surface area contributed by atoms with Crippen LogP contribution in [0.3, 0.4) is 0 Å². The molecule has 0 aliphatic carbocycles. The van der Waals surface area contributed by atoms with Gasteiger partial charge in [-0.1, -0.05) is 29.8 Å². The van der Waals surface area contributed by atoms with E-state index in [-0.39, 0.29) is 11.6 Å². The van der Waals surface area contributed by atoms with E-state index < -0.39 is 5.54 Å². The molecule has 0 bridgehead atoms. The summed E-state index contributed by atoms with van der Waals surface area (Å²) < 4.78 is 1.78. The summed E-state index contributed by atoms with van der Waals surface area (Å²) in [5.74, 6) is 0.139. The summed E-state index contributed by atoms with van der Waals surface area (Å²) in [6.07, 6.45) is 2.48. The lowest BCUT2D eigenvalue weighted by molar-refractivity contribution is -0.125. The Balaban J connectivity index is 1.21. The number of halogens is 1. The number of para-hydroxylation sites is 1. The highest BCUT2D eigenvalue weighted by Gasteiger charge is 2.50. The fourth-order valence-electron chi connectivity index (χ4n) is 4.99. The number of nitrogens with one attached hydrogen (secondary N) is 2. The Morgan fingerprint density at radius 1 is 1.00 bits per heavy atom. The highest BCUT2D eigenvalue weighted by molar-refractivity contribution is 6.31. The number of aryl methyl sites for hydroxylation is 1. The number of rotatable bonds is 5. The van der Waals surface area contributed by atoms with Crippen LogP contribution in [0.15, 0.2) is 53.3 Å². The fourth-order valence-corrected chi connectivity index (χ4v) is 5.16. The van der Waals surface area contributed by atoms with Crippen molar-refractivity contribution in [3.63, 3.8) is 0 Å². The van der Waals surface area contributed by atoms with E-state index in [1.54, 1.807) is 10.6 Å². The van der Waals surface area contributed by atoms with Crippen LogP contribution in [-0.4, -0.2) is 52.2 Å². The number of piperidine rings is 1. The molecule has 2 aliphatic heterocycles. The molecule has 1 amide bonds. The molecule has 5 rings (SSSR count). The van der Waals surface area contributed by atoms with Crippen molar-refractivity contribution in [1.82, 2.24) is 19.8 Å². The predicted molar refractivity (Wildman–Crippen MR) is 123 cm³/mol. The average molecular weight is 440 g/mol. The normalized spacial score (nSPS) is 18.7. The maximum atomic E-state index is 12.8. The van der Waals surface area contributed by atoms with Crippen LogP contribution < -0.4 is 15.9 Å². The minimum Gasteiger partial charge on any atom is -0.339 e. The standard InChI is InChI=1S/C23H26ClN5O2/c24-17-7-8-20-19(15-17)26-22(31)28(20)12-4-11-27-13-9-23(10-14-27)21(30)25-16-29(23)18-5-2-1-3-6-18/h1-3,5-8,15H,4,9-14,16H2,(H,25,30)(H,26,31). The second kappa shape index (κ2) is 8.05. The number of anilines is 1. The number of amides is 1. The van der Waals surface area contributed by atoms with Crippen LogP contribution in [0.1, 0.15) is 19.3 Å². The molecule has 0 saturated carbocycles. The number of imidazole rings is 1. The number of carbonyl (C=O) groups excluding carboxylic acids is 1. The molecule has 0 atom stereocenters. The molecule has 1 aromatic heterocycles. The second-order valence-electron chi connectivity index (χ2n) is 8.40. The van der Waals surface area contributed by atoms with Gasteiger partial charge < -0.3 is 20.1 Å². The molecule has 1 spiro atoms. The van der Waals surface area contributed by atoms with Gasteiger partial charge in [-0.3, -0.25) is 9.36 Å². The van der Waals surface area contributed by atoms with Crippen LogP contribution in [-0.2, 0) is 11.3 Å². The topological polar surface area (TPSA) is 73.4 Å². The Kier molecular flexibility index (Phi) is 5.24. The first-order valence-electron chi connectivity index (χ1n) is 10.8. The van der Waals surface area contributed by atoms with E-state index in [1.165, 1.54) is 0 Å². The van der Waals surface area contributed by atoms with Gasteiger partial charge in [0.25, 0.3) is 0 Å². The van der Waals surface area contributed by atoms with Gasteiger partial charge in [0.15, 0.2) is 0 Å². The largest absolute Gasteiger partial charge is 0.339 e. The Bertz CT molecular complexity index is 1150. The molecule has 2 saturated heterocycles. The Morgan fingerprint density at radius 3 is 2.55 bits per heavy atom. The van der Waals surface area contributed by atoms with E-state index in [0.717, 1.165) is 55.6 Å². The zero-order valence-electron chi connectivity index (χ0n) is 17.3. The predicted octanol–water partition coefficient (Wildman–Crippen LogP) is 2.80. The number of H-pyrrole nitrogens is 1. The molecule has 2 N–H and O–H groups in total. The molecule has 3 heterocycles. The quantitative estimate of drug-likeness (QED) is 0.641. The Labute approximate surface area is 185 Å². The van der Waals surface area contributed by atoms with Gasteiger partial charge >= 0.3 is 5.69 Å². The van der Waals surface area contributed by atoms with E-state index >= 15 is 0 Å². The summed E-state index contributed by atoms with van der Waals surface area (Å²) in [4.78, 5) is 32.6. The molecule has 7 nitrogen and oxygen atoms in total. The van der Waals surface area contributed by atoms with Gasteiger partial charge in [-0.2, -0.15) is 0 Å². The summed E-state index contributed by atoms with van der Waals surface area (Å²) in [6, 6.07) is 15.6. The molecule has 31 heavy (non-hydrogen) atoms. The molecule has 0 radical (unpaired) electrons. The summed E-state index contributed by atoms with van der Waals surface area (Å²) in [5.41, 5.74) is 2.19. The van der Waals surface area contributed by atoms with Crippen molar-refractivity contribution in [3.05, 3.63) is 64.0 Å². The van der Waals surface area contributed by atoms with Crippen LogP contribution in [0.2, 0.25) is 5.02 Å². The van der Waals surface area contributed by atoms with E-state index in [2.05, 4.69) is 32.2 Å². The summed E-state index contributed by atoms with van der Waals surface area (Å²) >= 11 is 6.03. The smallest absolute Gasteiger partial charge is 0.326 e. The molecule has 2 aromatic carbocycles. The number of likely N-dealkylation sites (tertiary alicyclic amines) is 1. The third-order valence-electron chi connectivity index (χ3n) is 6.68. The molecular formula is C23H26ClN5O2. The SMILES string of the molecule is O=C1NCN(c2ccccc2)C12CCN(CCCn1c(=O)[nH]c3cc(Cl)ccc31)CC2. The second-order valence-corrected chi connectivity index (χ2v) is 8.83. The number of hydrogen-bond donors (Lipinski definition) is 2. The molecule has 2 aliphatic rings. The summed E-state index contributed by atoms with van der Waals surface area (Å²) in [6.45, 7) is 3.86. The summed E-state index contributed by atoms with van der Waals surface area (Å²) in [5, 5.41) is 3.66. The van der Waals surface area contributed by atoms with Crippen molar-refractivity contribution >= 4 is 34.2 Å². The molecular weight excluding hydrogens is 414 g/mol. The molecule has 3 aromatic rings. The van der Waals surface area contributed by atoms with Crippen LogP contribution >= 0.6 is 11.6 Å². The van der Waals surface area contributed by atoms with Gasteiger partial charge in [0.1, 0.15) is 5.54 Å². The maximum Gasteiger partial charge on any atom is 0.326 e. The van der Waals surface area contributed by atoms with Crippen molar-refractivity contribution < 1.29 is 4.79 Å². The van der Waals surface area contributed by atoms with E-state index in [9.17, 15) is 9.59 Å². The first kappa shape index (κ1) is 20.2. The van der Waals surface area contributed by atoms with Gasteiger partial charge in [-0.25, -0.2) is 4.79 Å². The number of nitrogens with zero attached hydrogens (tertiary/aromatic N) is 3. The number of carbonyl (C=O) groups is 1. The van der Waals surface area contributed by atoms with Crippen LogP contribution in [0.5, 0.6) is 0 Å². The third kappa shape index (κ3) is 3.62. The zero-order chi connectivity index (χ0) is 21.4. The van der Waals surface area contributed by atoms with Gasteiger partial charge in [-0.15, -0.1) is 0 Å². The highest BCUT2D eigenvalue weighted by Crippen LogP contribution is 2.36. The van der Waals surface area contributed by atoms with Crippen molar-refractivity contribution in [2.75, 3.05) is 31.2 Å². The van der Waals surface area contributed by atoms with Gasteiger partial charge in [0.05, 0.1) is 17.7 Å². The Hall–Kier alpha value is -2.77. The monoisotopic (exact) mass is 439 g/mol. The lowest BCUT2D eigenvalue weighted by Crippen LogP contribution is -2.56. The number of hydrogen-bond acceptors (Lipinski definition) is 4. The lowest BCUT2D eigenvalue weighted by Gasteiger charge is -2.43. The lowest BCUT2D eigenvalue weighted by atomic mass is 9.85. The van der Waals surface area contributed by atoms with Gasteiger partial charge in [0.2, 0.25) is 5.91 Å². The van der Waals surface area contributed by atoms with Crippen molar-refractivity contribution in [2.24, 2.45) is 0 Å². The molecule has 8 heteroatoms. The maximum absolute atomic E-state index is 12.8. The average Bonchev–Trinajstić information content (AvgIpc) is 3.26. The number of benzene rings is 2. The Morgan fingerprint density at radius 2 is 1.77 bits per heavy atom. The first-order chi connectivity index (χ1) is 15.1.